The number of thiazole rings is 1. The maximum Gasteiger partial charge on any atom is 0.251 e. The van der Waals surface area contributed by atoms with E-state index in [2.05, 4.69) is 15.6 Å². The highest BCUT2D eigenvalue weighted by molar-refractivity contribution is 7.98. The molecule has 0 unspecified atom stereocenters. The third kappa shape index (κ3) is 4.62. The minimum atomic E-state index is -0.609. The predicted octanol–water partition coefficient (Wildman–Crippen LogP) is 3.79. The molecule has 7 heteroatoms. The second-order valence-electron chi connectivity index (χ2n) is 5.65. The number of nitrogens with one attached hydrogen (secondary N) is 2. The molecule has 0 fully saturated rings. The zero-order valence-corrected chi connectivity index (χ0v) is 15.9. The van der Waals surface area contributed by atoms with Crippen molar-refractivity contribution in [3.8, 4) is 0 Å². The minimum absolute atomic E-state index is 0.248. The molecule has 0 saturated heterocycles. The third-order valence-corrected chi connectivity index (χ3v) is 5.39. The quantitative estimate of drug-likeness (QED) is 0.649. The van der Waals surface area contributed by atoms with Gasteiger partial charge in [0.15, 0.2) is 5.13 Å². The molecule has 0 aliphatic heterocycles. The fourth-order valence-electron chi connectivity index (χ4n) is 2.45. The molecule has 134 valence electrons. The third-order valence-electron chi connectivity index (χ3n) is 3.79. The number of benzene rings is 2. The van der Waals surface area contributed by atoms with Gasteiger partial charge in [-0.15, -0.1) is 0 Å². The molecule has 5 nitrogen and oxygen atoms in total. The lowest BCUT2D eigenvalue weighted by atomic mass is 10.1. The first-order chi connectivity index (χ1) is 12.7. The molecule has 2 N–H and O–H groups in total. The molecule has 0 saturated carbocycles. The Kier molecular flexibility index (Phi) is 6.25. The smallest absolute Gasteiger partial charge is 0.251 e. The predicted molar refractivity (Wildman–Crippen MR) is 109 cm³/mol. The van der Waals surface area contributed by atoms with Crippen LogP contribution in [0.2, 0.25) is 0 Å². The van der Waals surface area contributed by atoms with Gasteiger partial charge in [-0.2, -0.15) is 11.8 Å². The van der Waals surface area contributed by atoms with Gasteiger partial charge in [0.2, 0.25) is 5.91 Å². The number of hydrogen-bond donors (Lipinski definition) is 2. The van der Waals surface area contributed by atoms with E-state index in [1.807, 2.05) is 36.6 Å². The van der Waals surface area contributed by atoms with E-state index in [0.717, 1.165) is 16.0 Å². The molecule has 3 rings (SSSR count). The number of aromatic nitrogens is 1. The first kappa shape index (κ1) is 18.4. The Balaban J connectivity index is 1.71. The highest BCUT2D eigenvalue weighted by Crippen LogP contribution is 2.25. The number of anilines is 1. The number of fused-ring (bicyclic) bond motifs is 1. The van der Waals surface area contributed by atoms with Gasteiger partial charge in [0, 0.05) is 5.56 Å². The van der Waals surface area contributed by atoms with E-state index < -0.39 is 6.04 Å². The summed E-state index contributed by atoms with van der Waals surface area (Å²) in [6.45, 7) is 0. The molecule has 0 radical (unpaired) electrons. The van der Waals surface area contributed by atoms with Gasteiger partial charge in [0.05, 0.1) is 10.2 Å². The lowest BCUT2D eigenvalue weighted by Gasteiger charge is -2.17. The molecule has 1 aromatic heterocycles. The van der Waals surface area contributed by atoms with Crippen molar-refractivity contribution in [3.63, 3.8) is 0 Å². The average Bonchev–Trinajstić information content (AvgIpc) is 3.07. The fourth-order valence-corrected chi connectivity index (χ4v) is 3.79. The lowest BCUT2D eigenvalue weighted by Crippen LogP contribution is -2.44. The van der Waals surface area contributed by atoms with Crippen LogP contribution in [0.15, 0.2) is 54.6 Å². The molecule has 1 atom stereocenters. The summed E-state index contributed by atoms with van der Waals surface area (Å²) in [4.78, 5) is 29.5. The molecular formula is C19H19N3O2S2. The summed E-state index contributed by atoms with van der Waals surface area (Å²) in [5.74, 6) is 0.269. The summed E-state index contributed by atoms with van der Waals surface area (Å²) in [5, 5.41) is 6.22. The van der Waals surface area contributed by atoms with Crippen LogP contribution in [0.1, 0.15) is 16.8 Å². The summed E-state index contributed by atoms with van der Waals surface area (Å²) in [6.07, 6.45) is 2.53. The lowest BCUT2D eigenvalue weighted by molar-refractivity contribution is -0.118. The number of thioether (sulfide) groups is 1. The van der Waals surface area contributed by atoms with Gasteiger partial charge < -0.3 is 10.6 Å². The maximum atomic E-state index is 12.7. The van der Waals surface area contributed by atoms with Crippen molar-refractivity contribution in [3.05, 3.63) is 60.2 Å². The van der Waals surface area contributed by atoms with E-state index in [9.17, 15) is 9.59 Å². The summed E-state index contributed by atoms with van der Waals surface area (Å²) in [7, 11) is 0. The Morgan fingerprint density at radius 3 is 2.58 bits per heavy atom. The maximum absolute atomic E-state index is 12.7. The van der Waals surface area contributed by atoms with Crippen LogP contribution in [0.3, 0.4) is 0 Å². The largest absolute Gasteiger partial charge is 0.340 e. The SMILES string of the molecule is CSCC[C@@H](NC(=O)c1ccccc1)C(=O)Nc1nc2ccccc2s1. The summed E-state index contributed by atoms with van der Waals surface area (Å²) < 4.78 is 1.01. The highest BCUT2D eigenvalue weighted by atomic mass is 32.2. The van der Waals surface area contributed by atoms with Crippen molar-refractivity contribution in [2.45, 2.75) is 12.5 Å². The Bertz CT molecular complexity index is 863. The van der Waals surface area contributed by atoms with Crippen LogP contribution in [0, 0.1) is 0 Å². The molecule has 0 bridgehead atoms. The molecule has 3 aromatic rings. The van der Waals surface area contributed by atoms with Gasteiger partial charge in [-0.05, 0) is 42.7 Å². The van der Waals surface area contributed by atoms with E-state index in [4.69, 9.17) is 0 Å². The second-order valence-corrected chi connectivity index (χ2v) is 7.67. The molecule has 26 heavy (non-hydrogen) atoms. The van der Waals surface area contributed by atoms with Crippen molar-refractivity contribution in [2.24, 2.45) is 0 Å². The van der Waals surface area contributed by atoms with Gasteiger partial charge in [0.25, 0.3) is 5.91 Å². The standard InChI is InChI=1S/C19H19N3O2S2/c1-25-12-11-15(20-17(23)13-7-3-2-4-8-13)18(24)22-19-21-14-9-5-6-10-16(14)26-19/h2-10,15H,11-12H2,1H3,(H,20,23)(H,21,22,24)/t15-/m1/s1. The first-order valence-corrected chi connectivity index (χ1v) is 10.4. The van der Waals surface area contributed by atoms with Crippen LogP contribution in [-0.4, -0.2) is 34.8 Å². The number of carbonyl (C=O) groups is 2. The van der Waals surface area contributed by atoms with Crippen LogP contribution in [0.5, 0.6) is 0 Å². The van der Waals surface area contributed by atoms with Crippen molar-refractivity contribution in [2.75, 3.05) is 17.3 Å². The highest BCUT2D eigenvalue weighted by Gasteiger charge is 2.22. The van der Waals surface area contributed by atoms with Crippen LogP contribution < -0.4 is 10.6 Å². The Morgan fingerprint density at radius 1 is 1.12 bits per heavy atom. The van der Waals surface area contributed by atoms with Crippen LogP contribution in [0.4, 0.5) is 5.13 Å². The average molecular weight is 386 g/mol. The van der Waals surface area contributed by atoms with Gasteiger partial charge in [-0.25, -0.2) is 4.98 Å². The van der Waals surface area contributed by atoms with E-state index in [0.29, 0.717) is 17.1 Å². The van der Waals surface area contributed by atoms with Crippen molar-refractivity contribution < 1.29 is 9.59 Å². The molecule has 2 amide bonds. The summed E-state index contributed by atoms with van der Waals surface area (Å²) in [5.41, 5.74) is 1.39. The number of para-hydroxylation sites is 1. The van der Waals surface area contributed by atoms with Gasteiger partial charge in [-0.1, -0.05) is 41.7 Å². The van der Waals surface area contributed by atoms with Crippen molar-refractivity contribution >= 4 is 50.3 Å². The number of nitrogens with zero attached hydrogens (tertiary/aromatic N) is 1. The fraction of sp³-hybridized carbons (Fsp3) is 0.211. The van der Waals surface area contributed by atoms with E-state index >= 15 is 0 Å². The van der Waals surface area contributed by atoms with E-state index in [1.54, 1.807) is 36.0 Å². The van der Waals surface area contributed by atoms with Gasteiger partial charge >= 0.3 is 0 Å². The first-order valence-electron chi connectivity index (χ1n) is 8.18. The summed E-state index contributed by atoms with van der Waals surface area (Å²) >= 11 is 3.06. The van der Waals surface area contributed by atoms with Crippen molar-refractivity contribution in [1.82, 2.24) is 10.3 Å². The van der Waals surface area contributed by atoms with Gasteiger partial charge in [0.1, 0.15) is 6.04 Å². The number of rotatable bonds is 7. The van der Waals surface area contributed by atoms with E-state index in [1.165, 1.54) is 11.3 Å². The van der Waals surface area contributed by atoms with E-state index in [-0.39, 0.29) is 11.8 Å². The monoisotopic (exact) mass is 385 g/mol. The zero-order chi connectivity index (χ0) is 18.4. The normalized spacial score (nSPS) is 11.9. The zero-order valence-electron chi connectivity index (χ0n) is 14.3. The number of carbonyl (C=O) groups excluding carboxylic acids is 2. The molecule has 2 aromatic carbocycles. The second kappa shape index (κ2) is 8.82. The van der Waals surface area contributed by atoms with Crippen LogP contribution >= 0.6 is 23.1 Å². The Hall–Kier alpha value is -2.38. The molecule has 0 spiro atoms. The van der Waals surface area contributed by atoms with Crippen molar-refractivity contribution in [1.29, 1.82) is 0 Å². The molecular weight excluding hydrogens is 366 g/mol. The minimum Gasteiger partial charge on any atom is -0.340 e. The number of hydrogen-bond acceptors (Lipinski definition) is 5. The Morgan fingerprint density at radius 2 is 1.85 bits per heavy atom. The summed E-state index contributed by atoms with van der Waals surface area (Å²) in [6, 6.07) is 16.0. The molecule has 0 aliphatic carbocycles. The molecule has 1 heterocycles. The topological polar surface area (TPSA) is 71.1 Å². The van der Waals surface area contributed by atoms with Crippen LogP contribution in [-0.2, 0) is 4.79 Å². The Labute approximate surface area is 160 Å². The van der Waals surface area contributed by atoms with Gasteiger partial charge in [-0.3, -0.25) is 9.59 Å². The molecule has 0 aliphatic rings. The van der Waals surface area contributed by atoms with Crippen LogP contribution in [0.25, 0.3) is 10.2 Å². The number of amides is 2.